The second kappa shape index (κ2) is 7.94. The molecule has 1 saturated heterocycles. The van der Waals surface area contributed by atoms with E-state index < -0.39 is 0 Å². The van der Waals surface area contributed by atoms with Crippen molar-refractivity contribution in [3.63, 3.8) is 0 Å². The quantitative estimate of drug-likeness (QED) is 0.882. The van der Waals surface area contributed by atoms with E-state index in [2.05, 4.69) is 20.7 Å². The van der Waals surface area contributed by atoms with Crippen LogP contribution in [0.1, 0.15) is 30.1 Å². The molecule has 138 valence electrons. The maximum absolute atomic E-state index is 12.4. The van der Waals surface area contributed by atoms with Crippen LogP contribution in [0.3, 0.4) is 0 Å². The van der Waals surface area contributed by atoms with Gasteiger partial charge in [0.05, 0.1) is 13.7 Å². The number of ether oxygens (including phenoxy) is 1. The molecule has 1 aliphatic rings. The molecular weight excluding hydrogens is 336 g/mol. The first-order valence-electron chi connectivity index (χ1n) is 8.64. The average Bonchev–Trinajstić information content (AvgIpc) is 3.09. The molecule has 3 rings (SSSR count). The third-order valence-electron chi connectivity index (χ3n) is 4.27. The van der Waals surface area contributed by atoms with E-state index in [1.807, 2.05) is 0 Å². The van der Waals surface area contributed by atoms with Gasteiger partial charge in [-0.05, 0) is 37.1 Å². The molecule has 2 heterocycles. The van der Waals surface area contributed by atoms with Crippen molar-refractivity contribution >= 4 is 12.0 Å². The minimum Gasteiger partial charge on any atom is -0.450 e. The number of hydrogen-bond donors (Lipinski definition) is 1. The molecular formula is C17H22N6O3. The second-order valence-electron chi connectivity index (χ2n) is 6.11. The van der Waals surface area contributed by atoms with E-state index >= 15 is 0 Å². The number of likely N-dealkylation sites (tertiary alicyclic amines) is 1. The molecule has 1 fully saturated rings. The first-order chi connectivity index (χ1) is 12.6. The lowest BCUT2D eigenvalue weighted by Gasteiger charge is -2.31. The Balaban J connectivity index is 1.53. The van der Waals surface area contributed by atoms with E-state index in [1.165, 1.54) is 4.80 Å². The molecule has 2 aromatic rings. The Morgan fingerprint density at radius 2 is 1.92 bits per heavy atom. The van der Waals surface area contributed by atoms with Crippen molar-refractivity contribution in [3.8, 4) is 11.4 Å². The van der Waals surface area contributed by atoms with Crippen LogP contribution in [-0.4, -0.2) is 62.8 Å². The fraction of sp³-hybridized carbons (Fsp3) is 0.471. The third-order valence-corrected chi connectivity index (χ3v) is 4.27. The van der Waals surface area contributed by atoms with Gasteiger partial charge in [0.25, 0.3) is 5.91 Å². The first-order valence-corrected chi connectivity index (χ1v) is 8.64. The topological polar surface area (TPSA) is 102 Å². The van der Waals surface area contributed by atoms with Crippen molar-refractivity contribution in [3.05, 3.63) is 29.8 Å². The molecule has 0 unspecified atom stereocenters. The Kier molecular flexibility index (Phi) is 5.45. The largest absolute Gasteiger partial charge is 0.450 e. The summed E-state index contributed by atoms with van der Waals surface area (Å²) in [5.74, 6) is 0.393. The van der Waals surface area contributed by atoms with Crippen LogP contribution in [0, 0.1) is 0 Å². The summed E-state index contributed by atoms with van der Waals surface area (Å²) in [6, 6.07) is 7.14. The number of nitrogens with zero attached hydrogens (tertiary/aromatic N) is 5. The lowest BCUT2D eigenvalue weighted by atomic mass is 10.0. The van der Waals surface area contributed by atoms with E-state index in [4.69, 9.17) is 4.74 Å². The SMILES string of the molecule is CCOC(=O)N1CCC(NC(=O)c2ccc(-c3nnn(C)n3)cc2)CC1. The minimum absolute atomic E-state index is 0.0505. The Morgan fingerprint density at radius 3 is 2.50 bits per heavy atom. The van der Waals surface area contributed by atoms with Crippen molar-refractivity contribution in [1.29, 1.82) is 0 Å². The van der Waals surface area contributed by atoms with Gasteiger partial charge in [0.15, 0.2) is 0 Å². The van der Waals surface area contributed by atoms with Crippen LogP contribution in [0.2, 0.25) is 0 Å². The molecule has 0 saturated carbocycles. The number of nitrogens with one attached hydrogen (secondary N) is 1. The van der Waals surface area contributed by atoms with Crippen LogP contribution in [-0.2, 0) is 11.8 Å². The Morgan fingerprint density at radius 1 is 1.23 bits per heavy atom. The number of tetrazole rings is 1. The summed E-state index contributed by atoms with van der Waals surface area (Å²) in [4.78, 5) is 27.2. The maximum atomic E-state index is 12.4. The van der Waals surface area contributed by atoms with Crippen LogP contribution in [0.15, 0.2) is 24.3 Å². The molecule has 0 spiro atoms. The summed E-state index contributed by atoms with van der Waals surface area (Å²) >= 11 is 0. The predicted molar refractivity (Wildman–Crippen MR) is 93.3 cm³/mol. The molecule has 1 N–H and O–H groups in total. The number of carbonyl (C=O) groups excluding carboxylic acids is 2. The normalized spacial score (nSPS) is 14.9. The fourth-order valence-electron chi connectivity index (χ4n) is 2.86. The smallest absolute Gasteiger partial charge is 0.409 e. The molecule has 2 amide bonds. The number of aromatic nitrogens is 4. The van der Waals surface area contributed by atoms with Gasteiger partial charge in [0.2, 0.25) is 5.82 Å². The second-order valence-corrected chi connectivity index (χ2v) is 6.11. The van der Waals surface area contributed by atoms with Crippen molar-refractivity contribution in [2.75, 3.05) is 19.7 Å². The summed E-state index contributed by atoms with van der Waals surface area (Å²) in [5, 5.41) is 14.9. The minimum atomic E-state index is -0.287. The van der Waals surface area contributed by atoms with E-state index in [9.17, 15) is 9.59 Å². The highest BCUT2D eigenvalue weighted by molar-refractivity contribution is 5.94. The van der Waals surface area contributed by atoms with Gasteiger partial charge in [0.1, 0.15) is 0 Å². The zero-order valence-electron chi connectivity index (χ0n) is 14.9. The molecule has 1 aromatic heterocycles. The first kappa shape index (κ1) is 17.8. The highest BCUT2D eigenvalue weighted by atomic mass is 16.6. The number of amides is 2. The van der Waals surface area contributed by atoms with Gasteiger partial charge < -0.3 is 15.0 Å². The number of carbonyl (C=O) groups is 2. The highest BCUT2D eigenvalue weighted by Gasteiger charge is 2.24. The standard InChI is InChI=1S/C17H22N6O3/c1-3-26-17(25)23-10-8-14(9-11-23)18-16(24)13-6-4-12(5-7-13)15-19-21-22(2)20-15/h4-7,14H,3,8-11H2,1-2H3,(H,18,24). The van der Waals surface area contributed by atoms with Gasteiger partial charge in [-0.25, -0.2) is 4.79 Å². The molecule has 9 heteroatoms. The van der Waals surface area contributed by atoms with Gasteiger partial charge in [0, 0.05) is 30.3 Å². The molecule has 1 aliphatic heterocycles. The Bertz CT molecular complexity index is 765. The van der Waals surface area contributed by atoms with E-state index in [0.29, 0.717) is 43.9 Å². The van der Waals surface area contributed by atoms with Crippen LogP contribution >= 0.6 is 0 Å². The van der Waals surface area contributed by atoms with Crippen molar-refractivity contribution < 1.29 is 14.3 Å². The molecule has 0 bridgehead atoms. The molecule has 26 heavy (non-hydrogen) atoms. The monoisotopic (exact) mass is 358 g/mol. The van der Waals surface area contributed by atoms with Crippen LogP contribution in [0.4, 0.5) is 4.79 Å². The van der Waals surface area contributed by atoms with Gasteiger partial charge in [-0.15, -0.1) is 10.2 Å². The average molecular weight is 358 g/mol. The zero-order chi connectivity index (χ0) is 18.5. The van der Waals surface area contributed by atoms with Crippen LogP contribution in [0.5, 0.6) is 0 Å². The van der Waals surface area contributed by atoms with Gasteiger partial charge in [-0.1, -0.05) is 12.1 Å². The molecule has 0 aliphatic carbocycles. The summed E-state index contributed by atoms with van der Waals surface area (Å²) < 4.78 is 5.00. The fourth-order valence-corrected chi connectivity index (χ4v) is 2.86. The lowest BCUT2D eigenvalue weighted by molar-refractivity contribution is 0.0860. The van der Waals surface area contributed by atoms with Crippen LogP contribution in [0.25, 0.3) is 11.4 Å². The molecule has 9 nitrogen and oxygen atoms in total. The van der Waals surface area contributed by atoms with Gasteiger partial charge >= 0.3 is 6.09 Å². The number of aryl methyl sites for hydroxylation is 1. The number of rotatable bonds is 4. The van der Waals surface area contributed by atoms with E-state index in [0.717, 1.165) is 5.56 Å². The molecule has 0 atom stereocenters. The third kappa shape index (κ3) is 4.16. The predicted octanol–water partition coefficient (Wildman–Crippen LogP) is 1.23. The summed E-state index contributed by atoms with van der Waals surface area (Å²) in [6.45, 7) is 3.33. The summed E-state index contributed by atoms with van der Waals surface area (Å²) in [7, 11) is 1.70. The number of hydrogen-bond acceptors (Lipinski definition) is 6. The molecule has 1 aromatic carbocycles. The van der Waals surface area contributed by atoms with Crippen LogP contribution < -0.4 is 5.32 Å². The maximum Gasteiger partial charge on any atom is 0.409 e. The molecule has 0 radical (unpaired) electrons. The summed E-state index contributed by atoms with van der Waals surface area (Å²) in [6.07, 6.45) is 1.14. The Hall–Kier alpha value is -2.97. The van der Waals surface area contributed by atoms with E-state index in [1.54, 1.807) is 43.1 Å². The highest BCUT2D eigenvalue weighted by Crippen LogP contribution is 2.16. The number of piperidine rings is 1. The van der Waals surface area contributed by atoms with Gasteiger partial charge in [-0.2, -0.15) is 4.80 Å². The number of benzene rings is 1. The van der Waals surface area contributed by atoms with Crippen molar-refractivity contribution in [2.24, 2.45) is 7.05 Å². The summed E-state index contributed by atoms with van der Waals surface area (Å²) in [5.41, 5.74) is 1.38. The zero-order valence-corrected chi connectivity index (χ0v) is 14.9. The lowest BCUT2D eigenvalue weighted by Crippen LogP contribution is -2.46. The Labute approximate surface area is 151 Å². The van der Waals surface area contributed by atoms with Crippen molar-refractivity contribution in [2.45, 2.75) is 25.8 Å². The van der Waals surface area contributed by atoms with E-state index in [-0.39, 0.29) is 18.0 Å². The van der Waals surface area contributed by atoms with Crippen molar-refractivity contribution in [1.82, 2.24) is 30.4 Å². The van der Waals surface area contributed by atoms with Gasteiger partial charge in [-0.3, -0.25) is 4.79 Å².